The van der Waals surface area contributed by atoms with Crippen LogP contribution in [0.25, 0.3) is 0 Å². The highest BCUT2D eigenvalue weighted by Crippen LogP contribution is 2.24. The molecule has 1 fully saturated rings. The van der Waals surface area contributed by atoms with Gasteiger partial charge in [0.05, 0.1) is 6.54 Å². The maximum Gasteiger partial charge on any atom is 0.233 e. The smallest absolute Gasteiger partial charge is 0.233 e. The van der Waals surface area contributed by atoms with E-state index in [0.29, 0.717) is 12.5 Å². The lowest BCUT2D eigenvalue weighted by atomic mass is 10.1. The van der Waals surface area contributed by atoms with Crippen molar-refractivity contribution in [3.05, 3.63) is 0 Å². The highest BCUT2D eigenvalue weighted by Gasteiger charge is 2.25. The number of nitrogens with zero attached hydrogens (tertiary/aromatic N) is 1. The van der Waals surface area contributed by atoms with Crippen molar-refractivity contribution in [3.63, 3.8) is 0 Å². The molecule has 4 nitrogen and oxygen atoms in total. The maximum atomic E-state index is 11.4. The molecule has 1 amide bonds. The molecule has 0 aromatic carbocycles. The number of hydrogen-bond donors (Lipinski definition) is 2. The lowest BCUT2D eigenvalue weighted by Crippen LogP contribution is -2.38. The third-order valence-corrected chi connectivity index (χ3v) is 3.14. The largest absolute Gasteiger partial charge is 0.355 e. The molecule has 0 spiro atoms. The van der Waals surface area contributed by atoms with Gasteiger partial charge in [-0.1, -0.05) is 13.8 Å². The second-order valence-electron chi connectivity index (χ2n) is 5.42. The van der Waals surface area contributed by atoms with Gasteiger partial charge in [-0.3, -0.25) is 4.79 Å². The van der Waals surface area contributed by atoms with E-state index >= 15 is 0 Å². The molecule has 0 saturated heterocycles. The van der Waals surface area contributed by atoms with Crippen LogP contribution in [0.4, 0.5) is 0 Å². The van der Waals surface area contributed by atoms with Crippen LogP contribution in [-0.2, 0) is 4.79 Å². The monoisotopic (exact) mass is 241 g/mol. The number of amides is 1. The van der Waals surface area contributed by atoms with Gasteiger partial charge in [0.25, 0.3) is 0 Å². The first-order valence-corrected chi connectivity index (χ1v) is 6.77. The predicted octanol–water partition coefficient (Wildman–Crippen LogP) is 0.833. The summed E-state index contributed by atoms with van der Waals surface area (Å²) in [6.07, 6.45) is 3.73. The third-order valence-electron chi connectivity index (χ3n) is 3.14. The van der Waals surface area contributed by atoms with Gasteiger partial charge in [0.2, 0.25) is 5.91 Å². The number of carbonyl (C=O) groups is 1. The fourth-order valence-corrected chi connectivity index (χ4v) is 1.72. The van der Waals surface area contributed by atoms with Crippen molar-refractivity contribution in [1.29, 1.82) is 0 Å². The van der Waals surface area contributed by atoms with E-state index in [1.54, 1.807) is 0 Å². The van der Waals surface area contributed by atoms with Gasteiger partial charge in [0, 0.05) is 25.7 Å². The summed E-state index contributed by atoms with van der Waals surface area (Å²) in [5.74, 6) is 0.759. The second kappa shape index (κ2) is 7.67. The first-order chi connectivity index (χ1) is 8.09. The molecule has 1 aliphatic rings. The van der Waals surface area contributed by atoms with Crippen LogP contribution in [-0.4, -0.2) is 50.1 Å². The van der Waals surface area contributed by atoms with Gasteiger partial charge in [-0.05, 0) is 32.2 Å². The highest BCUT2D eigenvalue weighted by molar-refractivity contribution is 5.77. The molecule has 100 valence electrons. The molecule has 0 aromatic rings. The number of rotatable bonds is 9. The highest BCUT2D eigenvalue weighted by atomic mass is 16.1. The molecule has 0 aromatic heterocycles. The summed E-state index contributed by atoms with van der Waals surface area (Å²) in [7, 11) is 2.15. The molecular formula is C13H27N3O. The standard InChI is InChI=1S/C13H27N3O/c1-11(2)6-7-15-13(17)10-14-8-9-16(3)12-4-5-12/h11-12,14H,4-10H2,1-3H3,(H,15,17). The van der Waals surface area contributed by atoms with E-state index in [4.69, 9.17) is 0 Å². The van der Waals surface area contributed by atoms with Crippen molar-refractivity contribution in [1.82, 2.24) is 15.5 Å². The maximum absolute atomic E-state index is 11.4. The van der Waals surface area contributed by atoms with Crippen LogP contribution in [0.3, 0.4) is 0 Å². The van der Waals surface area contributed by atoms with Crippen molar-refractivity contribution in [2.24, 2.45) is 5.92 Å². The molecule has 0 bridgehead atoms. The fourth-order valence-electron chi connectivity index (χ4n) is 1.72. The summed E-state index contributed by atoms with van der Waals surface area (Å²) < 4.78 is 0. The second-order valence-corrected chi connectivity index (χ2v) is 5.42. The Balaban J connectivity index is 1.89. The van der Waals surface area contributed by atoms with Gasteiger partial charge < -0.3 is 15.5 Å². The average molecular weight is 241 g/mol. The molecule has 0 unspecified atom stereocenters. The van der Waals surface area contributed by atoms with Gasteiger partial charge in [-0.2, -0.15) is 0 Å². The molecule has 0 atom stereocenters. The SMILES string of the molecule is CC(C)CCNC(=O)CNCCN(C)C1CC1. The molecule has 1 saturated carbocycles. The Morgan fingerprint density at radius 1 is 1.35 bits per heavy atom. The zero-order chi connectivity index (χ0) is 12.7. The van der Waals surface area contributed by atoms with Gasteiger partial charge in [-0.25, -0.2) is 0 Å². The van der Waals surface area contributed by atoms with Gasteiger partial charge in [0.1, 0.15) is 0 Å². The Hall–Kier alpha value is -0.610. The zero-order valence-corrected chi connectivity index (χ0v) is 11.5. The van der Waals surface area contributed by atoms with Crippen molar-refractivity contribution >= 4 is 5.91 Å². The van der Waals surface area contributed by atoms with Crippen LogP contribution in [0.5, 0.6) is 0 Å². The van der Waals surface area contributed by atoms with E-state index in [2.05, 4.69) is 36.4 Å². The van der Waals surface area contributed by atoms with Crippen LogP contribution in [0.2, 0.25) is 0 Å². The number of carbonyl (C=O) groups excluding carboxylic acids is 1. The Kier molecular flexibility index (Phi) is 6.52. The van der Waals surface area contributed by atoms with Crippen LogP contribution in [0.1, 0.15) is 33.1 Å². The summed E-state index contributed by atoms with van der Waals surface area (Å²) in [6.45, 7) is 7.49. The Labute approximate surface area is 105 Å². The normalized spacial score (nSPS) is 15.6. The molecular weight excluding hydrogens is 214 g/mol. The molecule has 0 aliphatic heterocycles. The summed E-state index contributed by atoms with van der Waals surface area (Å²) >= 11 is 0. The molecule has 0 heterocycles. The van der Waals surface area contributed by atoms with Crippen LogP contribution in [0.15, 0.2) is 0 Å². The fraction of sp³-hybridized carbons (Fsp3) is 0.923. The topological polar surface area (TPSA) is 44.4 Å². The summed E-state index contributed by atoms with van der Waals surface area (Å²) in [5.41, 5.74) is 0. The Morgan fingerprint density at radius 2 is 2.06 bits per heavy atom. The minimum Gasteiger partial charge on any atom is -0.355 e. The third kappa shape index (κ3) is 7.34. The van der Waals surface area contributed by atoms with Gasteiger partial charge in [0.15, 0.2) is 0 Å². The lowest BCUT2D eigenvalue weighted by molar-refractivity contribution is -0.120. The number of nitrogens with one attached hydrogen (secondary N) is 2. The van der Waals surface area contributed by atoms with Crippen molar-refractivity contribution in [2.45, 2.75) is 39.2 Å². The van der Waals surface area contributed by atoms with Crippen LogP contribution >= 0.6 is 0 Å². The van der Waals surface area contributed by atoms with Crippen molar-refractivity contribution < 1.29 is 4.79 Å². The first kappa shape index (κ1) is 14.5. The van der Waals surface area contributed by atoms with E-state index in [-0.39, 0.29) is 5.91 Å². The van der Waals surface area contributed by atoms with Crippen molar-refractivity contribution in [3.8, 4) is 0 Å². The zero-order valence-electron chi connectivity index (χ0n) is 11.5. The summed E-state index contributed by atoms with van der Waals surface area (Å²) in [4.78, 5) is 13.8. The predicted molar refractivity (Wildman–Crippen MR) is 71.0 cm³/mol. The average Bonchev–Trinajstić information content (AvgIpc) is 3.07. The van der Waals surface area contributed by atoms with E-state index in [0.717, 1.165) is 32.1 Å². The lowest BCUT2D eigenvalue weighted by Gasteiger charge is -2.15. The van der Waals surface area contributed by atoms with E-state index in [9.17, 15) is 4.79 Å². The van der Waals surface area contributed by atoms with Crippen molar-refractivity contribution in [2.75, 3.05) is 33.2 Å². The molecule has 1 aliphatic carbocycles. The van der Waals surface area contributed by atoms with Crippen LogP contribution < -0.4 is 10.6 Å². The molecule has 4 heteroatoms. The number of likely N-dealkylation sites (N-methyl/N-ethyl adjacent to an activating group) is 1. The van der Waals surface area contributed by atoms with Crippen LogP contribution in [0, 0.1) is 5.92 Å². The molecule has 1 rings (SSSR count). The molecule has 2 N–H and O–H groups in total. The Morgan fingerprint density at radius 3 is 2.65 bits per heavy atom. The molecule has 17 heavy (non-hydrogen) atoms. The van der Waals surface area contributed by atoms with E-state index in [1.807, 2.05) is 0 Å². The minimum absolute atomic E-state index is 0.111. The van der Waals surface area contributed by atoms with E-state index in [1.165, 1.54) is 12.8 Å². The summed E-state index contributed by atoms with van der Waals surface area (Å²) in [6, 6.07) is 0.802. The quantitative estimate of drug-likeness (QED) is 0.588. The first-order valence-electron chi connectivity index (χ1n) is 6.77. The summed E-state index contributed by atoms with van der Waals surface area (Å²) in [5, 5.41) is 6.11. The van der Waals surface area contributed by atoms with E-state index < -0.39 is 0 Å². The van der Waals surface area contributed by atoms with Gasteiger partial charge >= 0.3 is 0 Å². The number of hydrogen-bond acceptors (Lipinski definition) is 3. The van der Waals surface area contributed by atoms with Gasteiger partial charge in [-0.15, -0.1) is 0 Å². The minimum atomic E-state index is 0.111. The molecule has 0 radical (unpaired) electrons. The Bertz CT molecular complexity index is 227.